The molecule has 1 aliphatic rings. The SMILES string of the molecule is CN(C)c1nccnc1N1CCN(c2cc3cc(F)ccc3[nH]2)C(C=O)C1. The third-order valence-corrected chi connectivity index (χ3v) is 4.84. The minimum atomic E-state index is -0.339. The first-order valence-corrected chi connectivity index (χ1v) is 8.80. The van der Waals surface area contributed by atoms with Gasteiger partial charge in [0.1, 0.15) is 24.0 Å². The van der Waals surface area contributed by atoms with Crippen molar-refractivity contribution in [2.45, 2.75) is 6.04 Å². The number of aldehydes is 1. The number of carbonyl (C=O) groups is 1. The first-order chi connectivity index (χ1) is 13.1. The van der Waals surface area contributed by atoms with Gasteiger partial charge in [-0.15, -0.1) is 0 Å². The Hall–Kier alpha value is -3.16. The second-order valence-electron chi connectivity index (χ2n) is 6.83. The summed E-state index contributed by atoms with van der Waals surface area (Å²) in [6.07, 6.45) is 4.27. The first kappa shape index (κ1) is 17.3. The van der Waals surface area contributed by atoms with E-state index in [2.05, 4.69) is 19.9 Å². The number of rotatable bonds is 4. The second kappa shape index (κ2) is 6.86. The summed E-state index contributed by atoms with van der Waals surface area (Å²) in [6, 6.07) is 6.18. The van der Waals surface area contributed by atoms with Crippen molar-refractivity contribution in [2.24, 2.45) is 0 Å². The van der Waals surface area contributed by atoms with Gasteiger partial charge in [-0.25, -0.2) is 14.4 Å². The van der Waals surface area contributed by atoms with Gasteiger partial charge in [-0.3, -0.25) is 0 Å². The Labute approximate surface area is 156 Å². The number of anilines is 3. The summed E-state index contributed by atoms with van der Waals surface area (Å²) in [5, 5.41) is 0.792. The van der Waals surface area contributed by atoms with E-state index < -0.39 is 0 Å². The van der Waals surface area contributed by atoms with Gasteiger partial charge in [0.25, 0.3) is 0 Å². The fourth-order valence-corrected chi connectivity index (χ4v) is 3.52. The monoisotopic (exact) mass is 368 g/mol. The highest BCUT2D eigenvalue weighted by atomic mass is 19.1. The fraction of sp³-hybridized carbons (Fsp3) is 0.316. The van der Waals surface area contributed by atoms with Crippen molar-refractivity contribution in [1.29, 1.82) is 0 Å². The van der Waals surface area contributed by atoms with E-state index in [1.807, 2.05) is 30.0 Å². The van der Waals surface area contributed by atoms with E-state index in [9.17, 15) is 9.18 Å². The van der Waals surface area contributed by atoms with Crippen LogP contribution in [0.25, 0.3) is 10.9 Å². The molecule has 8 heteroatoms. The van der Waals surface area contributed by atoms with Crippen molar-refractivity contribution in [3.05, 3.63) is 42.5 Å². The lowest BCUT2D eigenvalue weighted by Gasteiger charge is -2.40. The summed E-state index contributed by atoms with van der Waals surface area (Å²) in [7, 11) is 3.84. The fourth-order valence-electron chi connectivity index (χ4n) is 3.52. The number of piperazine rings is 1. The molecular weight excluding hydrogens is 347 g/mol. The molecule has 1 N–H and O–H groups in total. The zero-order valence-electron chi connectivity index (χ0n) is 15.3. The molecule has 0 bridgehead atoms. The number of aromatic nitrogens is 3. The molecule has 3 heterocycles. The van der Waals surface area contributed by atoms with Crippen LogP contribution in [0.5, 0.6) is 0 Å². The number of aromatic amines is 1. The van der Waals surface area contributed by atoms with E-state index in [1.165, 1.54) is 12.1 Å². The largest absolute Gasteiger partial charge is 0.360 e. The van der Waals surface area contributed by atoms with E-state index in [1.54, 1.807) is 18.5 Å². The van der Waals surface area contributed by atoms with Crippen LogP contribution in [0.15, 0.2) is 36.7 Å². The van der Waals surface area contributed by atoms with Gasteiger partial charge in [-0.2, -0.15) is 0 Å². The molecule has 140 valence electrons. The third kappa shape index (κ3) is 3.18. The molecule has 1 saturated heterocycles. The Morgan fingerprint density at radius 3 is 2.81 bits per heavy atom. The summed E-state index contributed by atoms with van der Waals surface area (Å²) in [6.45, 7) is 1.85. The van der Waals surface area contributed by atoms with Crippen LogP contribution >= 0.6 is 0 Å². The zero-order valence-corrected chi connectivity index (χ0v) is 15.3. The molecule has 0 aliphatic carbocycles. The summed E-state index contributed by atoms with van der Waals surface area (Å²) < 4.78 is 13.5. The lowest BCUT2D eigenvalue weighted by Crippen LogP contribution is -2.54. The molecule has 0 amide bonds. The Morgan fingerprint density at radius 2 is 2.04 bits per heavy atom. The van der Waals surface area contributed by atoms with Crippen molar-refractivity contribution < 1.29 is 9.18 Å². The number of hydrogen-bond donors (Lipinski definition) is 1. The maximum atomic E-state index is 13.5. The van der Waals surface area contributed by atoms with Crippen LogP contribution in [0.3, 0.4) is 0 Å². The number of halogens is 1. The average Bonchev–Trinajstić information content (AvgIpc) is 3.10. The van der Waals surface area contributed by atoms with E-state index in [4.69, 9.17) is 0 Å². The summed E-state index contributed by atoms with van der Waals surface area (Å²) in [4.78, 5) is 30.0. The first-order valence-electron chi connectivity index (χ1n) is 8.80. The average molecular weight is 368 g/mol. The van der Waals surface area contributed by atoms with Crippen molar-refractivity contribution in [3.63, 3.8) is 0 Å². The van der Waals surface area contributed by atoms with Crippen molar-refractivity contribution in [2.75, 3.05) is 48.4 Å². The number of carbonyl (C=O) groups excluding carboxylic acids is 1. The minimum Gasteiger partial charge on any atom is -0.360 e. The number of nitrogens with one attached hydrogen (secondary N) is 1. The van der Waals surface area contributed by atoms with E-state index in [-0.39, 0.29) is 11.9 Å². The van der Waals surface area contributed by atoms with Crippen LogP contribution < -0.4 is 14.7 Å². The van der Waals surface area contributed by atoms with Crippen LogP contribution in [0.2, 0.25) is 0 Å². The van der Waals surface area contributed by atoms with Gasteiger partial charge in [-0.1, -0.05) is 0 Å². The topological polar surface area (TPSA) is 68.4 Å². The smallest absolute Gasteiger partial charge is 0.172 e. The summed E-state index contributed by atoms with van der Waals surface area (Å²) in [5.74, 6) is 2.09. The number of benzene rings is 1. The molecular formula is C19H21FN6O. The molecule has 0 spiro atoms. The maximum Gasteiger partial charge on any atom is 0.172 e. The molecule has 1 unspecified atom stereocenters. The Balaban J connectivity index is 1.61. The summed E-state index contributed by atoms with van der Waals surface area (Å²) in [5.41, 5.74) is 0.849. The molecule has 1 aromatic carbocycles. The molecule has 3 aromatic rings. The number of fused-ring (bicyclic) bond motifs is 1. The number of hydrogen-bond acceptors (Lipinski definition) is 6. The molecule has 0 saturated carbocycles. The predicted molar refractivity (Wildman–Crippen MR) is 104 cm³/mol. The van der Waals surface area contributed by atoms with Crippen LogP contribution in [0.1, 0.15) is 0 Å². The molecule has 4 rings (SSSR count). The van der Waals surface area contributed by atoms with E-state index in [0.29, 0.717) is 19.6 Å². The van der Waals surface area contributed by atoms with Crippen molar-refractivity contribution in [1.82, 2.24) is 15.0 Å². The van der Waals surface area contributed by atoms with Gasteiger partial charge in [0.2, 0.25) is 0 Å². The van der Waals surface area contributed by atoms with Gasteiger partial charge < -0.3 is 24.5 Å². The highest BCUT2D eigenvalue weighted by Gasteiger charge is 2.30. The van der Waals surface area contributed by atoms with E-state index >= 15 is 0 Å². The van der Waals surface area contributed by atoms with Gasteiger partial charge in [0.05, 0.1) is 0 Å². The second-order valence-corrected chi connectivity index (χ2v) is 6.83. The van der Waals surface area contributed by atoms with Gasteiger partial charge >= 0.3 is 0 Å². The van der Waals surface area contributed by atoms with Crippen LogP contribution in [0.4, 0.5) is 21.8 Å². The number of nitrogens with zero attached hydrogens (tertiary/aromatic N) is 5. The van der Waals surface area contributed by atoms with E-state index in [0.717, 1.165) is 34.6 Å². The van der Waals surface area contributed by atoms with Crippen molar-refractivity contribution in [3.8, 4) is 0 Å². The highest BCUT2D eigenvalue weighted by Crippen LogP contribution is 2.29. The molecule has 1 fully saturated rings. The lowest BCUT2D eigenvalue weighted by molar-refractivity contribution is -0.109. The van der Waals surface area contributed by atoms with Crippen LogP contribution in [0, 0.1) is 5.82 Å². The van der Waals surface area contributed by atoms with Crippen LogP contribution in [-0.2, 0) is 4.79 Å². The van der Waals surface area contributed by atoms with Gasteiger partial charge in [0.15, 0.2) is 11.6 Å². The minimum absolute atomic E-state index is 0.274. The van der Waals surface area contributed by atoms with Crippen molar-refractivity contribution >= 4 is 34.6 Å². The normalized spacial score (nSPS) is 17.4. The third-order valence-electron chi connectivity index (χ3n) is 4.84. The standard InChI is InChI=1S/C19H21FN6O/c1-24(2)18-19(22-6-5-21-18)25-7-8-26(15(11-25)12-27)17-10-13-9-14(20)3-4-16(13)23-17/h3-6,9-10,12,15,23H,7-8,11H2,1-2H3. The predicted octanol–water partition coefficient (Wildman–Crippen LogP) is 2.06. The highest BCUT2D eigenvalue weighted by molar-refractivity contribution is 5.85. The molecule has 27 heavy (non-hydrogen) atoms. The molecule has 7 nitrogen and oxygen atoms in total. The Kier molecular flexibility index (Phi) is 4.39. The maximum absolute atomic E-state index is 13.5. The molecule has 1 atom stereocenters. The van der Waals surface area contributed by atoms with Gasteiger partial charge in [0, 0.05) is 57.0 Å². The Morgan fingerprint density at radius 1 is 1.22 bits per heavy atom. The zero-order chi connectivity index (χ0) is 19.0. The van der Waals surface area contributed by atoms with Gasteiger partial charge in [-0.05, 0) is 24.3 Å². The lowest BCUT2D eigenvalue weighted by atomic mass is 10.1. The molecule has 1 aliphatic heterocycles. The molecule has 2 aromatic heterocycles. The number of H-pyrrole nitrogens is 1. The quantitative estimate of drug-likeness (QED) is 0.711. The summed E-state index contributed by atoms with van der Waals surface area (Å²) >= 11 is 0. The van der Waals surface area contributed by atoms with Crippen LogP contribution in [-0.4, -0.2) is 61.0 Å². The molecule has 0 radical (unpaired) electrons. The Bertz CT molecular complexity index is 972.